The molecule has 0 spiro atoms. The van der Waals surface area contributed by atoms with Crippen molar-refractivity contribution in [2.24, 2.45) is 0 Å². The second-order valence-electron chi connectivity index (χ2n) is 4.22. The Balaban J connectivity index is 2.45. The third-order valence-corrected chi connectivity index (χ3v) is 3.98. The van der Waals surface area contributed by atoms with Crippen LogP contribution in [-0.2, 0) is 11.2 Å². The van der Waals surface area contributed by atoms with Crippen molar-refractivity contribution in [3.8, 4) is 0 Å². The van der Waals surface area contributed by atoms with Crippen molar-refractivity contribution in [2.75, 3.05) is 31.3 Å². The van der Waals surface area contributed by atoms with Gasteiger partial charge in [-0.25, -0.2) is 4.98 Å². The largest absolute Gasteiger partial charge is 0.368 e. The molecule has 7 heteroatoms. The summed E-state index contributed by atoms with van der Waals surface area (Å²) in [4.78, 5) is 23.8. The molecule has 0 fully saturated rings. The number of aromatic nitrogens is 2. The number of carbonyl (C=O) groups excluding carboxylic acids is 1. The fourth-order valence-corrected chi connectivity index (χ4v) is 2.78. The zero-order valence-corrected chi connectivity index (χ0v) is 12.0. The molecule has 0 saturated carbocycles. The van der Waals surface area contributed by atoms with Crippen LogP contribution in [0.3, 0.4) is 0 Å². The van der Waals surface area contributed by atoms with E-state index in [0.717, 1.165) is 16.6 Å². The van der Waals surface area contributed by atoms with Gasteiger partial charge in [0.05, 0.1) is 11.9 Å². The van der Waals surface area contributed by atoms with Crippen molar-refractivity contribution in [3.63, 3.8) is 0 Å². The van der Waals surface area contributed by atoms with E-state index in [1.165, 1.54) is 4.88 Å². The third-order valence-electron chi connectivity index (χ3n) is 2.81. The third kappa shape index (κ3) is 2.76. The molecular formula is C12H17N5OS. The molecule has 2 heterocycles. The lowest BCUT2D eigenvalue weighted by Gasteiger charge is -2.17. The van der Waals surface area contributed by atoms with Crippen LogP contribution in [0.15, 0.2) is 6.07 Å². The molecule has 0 aliphatic carbocycles. The lowest BCUT2D eigenvalue weighted by molar-refractivity contribution is -0.119. The monoisotopic (exact) mass is 279 g/mol. The second-order valence-corrected chi connectivity index (χ2v) is 5.33. The maximum Gasteiger partial charge on any atom is 0.239 e. The van der Waals surface area contributed by atoms with Crippen molar-refractivity contribution in [1.29, 1.82) is 0 Å². The van der Waals surface area contributed by atoms with E-state index in [-0.39, 0.29) is 18.4 Å². The molecule has 0 saturated heterocycles. The fraction of sp³-hybridized carbons (Fsp3) is 0.417. The molecule has 6 nitrogen and oxygen atoms in total. The first-order chi connectivity index (χ1) is 9.05. The summed E-state index contributed by atoms with van der Waals surface area (Å²) >= 11 is 1.61. The average Bonchev–Trinajstić information content (AvgIpc) is 2.80. The van der Waals surface area contributed by atoms with Gasteiger partial charge in [-0.3, -0.25) is 4.79 Å². The van der Waals surface area contributed by atoms with Crippen molar-refractivity contribution in [2.45, 2.75) is 13.3 Å². The highest BCUT2D eigenvalue weighted by atomic mass is 32.1. The smallest absolute Gasteiger partial charge is 0.239 e. The molecule has 2 rings (SSSR count). The van der Waals surface area contributed by atoms with Crippen LogP contribution in [0.5, 0.6) is 0 Å². The van der Waals surface area contributed by atoms with Crippen LogP contribution >= 0.6 is 11.3 Å². The summed E-state index contributed by atoms with van der Waals surface area (Å²) in [5, 5.41) is 3.54. The summed E-state index contributed by atoms with van der Waals surface area (Å²) in [5.74, 6) is 0.858. The van der Waals surface area contributed by atoms with E-state index in [9.17, 15) is 4.79 Å². The first-order valence-electron chi connectivity index (χ1n) is 6.02. The van der Waals surface area contributed by atoms with E-state index < -0.39 is 0 Å². The van der Waals surface area contributed by atoms with Crippen molar-refractivity contribution >= 4 is 39.2 Å². The standard InChI is InChI=1S/C12H17N5OS/c1-4-7-5-8-10(17(3)6-9(18)14-2)15-12(13)16-11(8)19-7/h5H,4,6H2,1-3H3,(H,14,18)(H2,13,15,16). The molecule has 0 unspecified atom stereocenters. The number of carbonyl (C=O) groups is 1. The van der Waals surface area contributed by atoms with E-state index >= 15 is 0 Å². The molecule has 2 aromatic heterocycles. The SMILES string of the molecule is CCc1cc2c(N(C)CC(=O)NC)nc(N)nc2s1. The molecule has 1 amide bonds. The summed E-state index contributed by atoms with van der Waals surface area (Å²) in [6.07, 6.45) is 0.944. The number of anilines is 2. The minimum absolute atomic E-state index is 0.0706. The molecule has 0 aromatic carbocycles. The molecule has 102 valence electrons. The van der Waals surface area contributed by atoms with Crippen molar-refractivity contribution in [1.82, 2.24) is 15.3 Å². The fourth-order valence-electron chi connectivity index (χ4n) is 1.81. The number of fused-ring (bicyclic) bond motifs is 1. The minimum atomic E-state index is -0.0706. The van der Waals surface area contributed by atoms with E-state index in [0.29, 0.717) is 5.82 Å². The lowest BCUT2D eigenvalue weighted by atomic mass is 10.3. The Morgan fingerprint density at radius 3 is 2.89 bits per heavy atom. The van der Waals surface area contributed by atoms with Crippen LogP contribution in [0.25, 0.3) is 10.2 Å². The van der Waals surface area contributed by atoms with Gasteiger partial charge >= 0.3 is 0 Å². The number of nitrogens with one attached hydrogen (secondary N) is 1. The molecular weight excluding hydrogens is 262 g/mol. The molecule has 3 N–H and O–H groups in total. The van der Waals surface area contributed by atoms with Gasteiger partial charge in [-0.1, -0.05) is 6.92 Å². The predicted octanol–water partition coefficient (Wildman–Crippen LogP) is 1.02. The van der Waals surface area contributed by atoms with E-state index in [1.54, 1.807) is 23.3 Å². The topological polar surface area (TPSA) is 84.1 Å². The highest BCUT2D eigenvalue weighted by Gasteiger charge is 2.15. The quantitative estimate of drug-likeness (QED) is 0.873. The highest BCUT2D eigenvalue weighted by molar-refractivity contribution is 7.18. The van der Waals surface area contributed by atoms with E-state index in [1.807, 2.05) is 7.05 Å². The number of amides is 1. The lowest BCUT2D eigenvalue weighted by Crippen LogP contribution is -2.33. The van der Waals surface area contributed by atoms with Gasteiger partial charge in [0.15, 0.2) is 0 Å². The van der Waals surface area contributed by atoms with Gasteiger partial charge in [0.2, 0.25) is 11.9 Å². The molecule has 0 radical (unpaired) electrons. The number of nitrogens with zero attached hydrogens (tertiary/aromatic N) is 3. The molecule has 0 atom stereocenters. The van der Waals surface area contributed by atoms with Crippen LogP contribution in [-0.4, -0.2) is 36.5 Å². The van der Waals surface area contributed by atoms with Crippen molar-refractivity contribution < 1.29 is 4.79 Å². The van der Waals surface area contributed by atoms with Gasteiger partial charge in [0.25, 0.3) is 0 Å². The van der Waals surface area contributed by atoms with Gasteiger partial charge < -0.3 is 16.0 Å². The van der Waals surface area contributed by atoms with E-state index in [2.05, 4.69) is 28.3 Å². The maximum absolute atomic E-state index is 11.5. The minimum Gasteiger partial charge on any atom is -0.368 e. The number of hydrogen-bond donors (Lipinski definition) is 2. The number of nitrogens with two attached hydrogens (primary N) is 1. The number of hydrogen-bond acceptors (Lipinski definition) is 6. The van der Waals surface area contributed by atoms with Crippen LogP contribution in [0, 0.1) is 0 Å². The Kier molecular flexibility index (Phi) is 3.84. The first-order valence-corrected chi connectivity index (χ1v) is 6.84. The Morgan fingerprint density at radius 1 is 1.53 bits per heavy atom. The molecule has 2 aromatic rings. The van der Waals surface area contributed by atoms with Gasteiger partial charge in [0.1, 0.15) is 10.6 Å². The summed E-state index contributed by atoms with van der Waals surface area (Å²) in [7, 11) is 3.43. The van der Waals surface area contributed by atoms with Gasteiger partial charge in [-0.15, -0.1) is 11.3 Å². The Morgan fingerprint density at radius 2 is 2.26 bits per heavy atom. The van der Waals surface area contributed by atoms with Crippen LogP contribution in [0.2, 0.25) is 0 Å². The van der Waals surface area contributed by atoms with Crippen molar-refractivity contribution in [3.05, 3.63) is 10.9 Å². The molecule has 0 bridgehead atoms. The Bertz CT molecular complexity index is 609. The summed E-state index contributed by atoms with van der Waals surface area (Å²) in [6, 6.07) is 2.06. The van der Waals surface area contributed by atoms with Gasteiger partial charge in [-0.05, 0) is 12.5 Å². The number of thiophene rings is 1. The Hall–Kier alpha value is -1.89. The summed E-state index contributed by atoms with van der Waals surface area (Å²) in [6.45, 7) is 2.33. The predicted molar refractivity (Wildman–Crippen MR) is 78.5 cm³/mol. The van der Waals surface area contributed by atoms with Gasteiger partial charge in [0, 0.05) is 19.0 Å². The molecule has 0 aliphatic heterocycles. The molecule has 19 heavy (non-hydrogen) atoms. The number of aryl methyl sites for hydroxylation is 1. The zero-order valence-electron chi connectivity index (χ0n) is 11.2. The second kappa shape index (κ2) is 5.40. The summed E-state index contributed by atoms with van der Waals surface area (Å²) in [5.41, 5.74) is 5.73. The normalized spacial score (nSPS) is 10.7. The average molecular weight is 279 g/mol. The number of nitrogen functional groups attached to an aromatic ring is 1. The zero-order chi connectivity index (χ0) is 14.0. The van der Waals surface area contributed by atoms with Crippen LogP contribution < -0.4 is 16.0 Å². The Labute approximate surface area is 115 Å². The first kappa shape index (κ1) is 13.5. The highest BCUT2D eigenvalue weighted by Crippen LogP contribution is 2.31. The van der Waals surface area contributed by atoms with Gasteiger partial charge in [-0.2, -0.15) is 4.98 Å². The number of likely N-dealkylation sites (N-methyl/N-ethyl adjacent to an activating group) is 2. The molecule has 0 aliphatic rings. The van der Waals surface area contributed by atoms with Crippen LogP contribution in [0.1, 0.15) is 11.8 Å². The van der Waals surface area contributed by atoms with Crippen LogP contribution in [0.4, 0.5) is 11.8 Å². The summed E-state index contributed by atoms with van der Waals surface area (Å²) < 4.78 is 0. The van der Waals surface area contributed by atoms with E-state index in [4.69, 9.17) is 5.73 Å². The maximum atomic E-state index is 11.5. The number of rotatable bonds is 4.